The normalized spacial score (nSPS) is 34.3. The van der Waals surface area contributed by atoms with Gasteiger partial charge in [0.25, 0.3) is 6.47 Å². The first-order valence-corrected chi connectivity index (χ1v) is 18.7. The highest BCUT2D eigenvalue weighted by Gasteiger charge is 2.48. The van der Waals surface area contributed by atoms with Crippen molar-refractivity contribution in [3.05, 3.63) is 0 Å². The molecule has 0 aliphatic heterocycles. The van der Waals surface area contributed by atoms with Gasteiger partial charge in [-0.2, -0.15) is 0 Å². The quantitative estimate of drug-likeness (QED) is 0.167. The van der Waals surface area contributed by atoms with Crippen molar-refractivity contribution in [1.29, 1.82) is 0 Å². The third-order valence-electron chi connectivity index (χ3n) is 12.9. The molecule has 0 aromatic carbocycles. The molecule has 270 valence electrons. The average molecular weight is 675 g/mol. The van der Waals surface area contributed by atoms with Crippen LogP contribution in [0.4, 0.5) is 0 Å². The van der Waals surface area contributed by atoms with E-state index in [9.17, 15) is 28.8 Å². The minimum Gasteiger partial charge on any atom is -0.481 e. The molecule has 0 radical (unpaired) electrons. The predicted octanol–water partition coefficient (Wildman–Crippen LogP) is 7.23. The van der Waals surface area contributed by atoms with Crippen molar-refractivity contribution in [2.75, 3.05) is 6.61 Å². The predicted molar refractivity (Wildman–Crippen MR) is 177 cm³/mol. The van der Waals surface area contributed by atoms with Crippen LogP contribution in [-0.4, -0.2) is 58.9 Å². The molecule has 2 N–H and O–H groups in total. The third kappa shape index (κ3) is 9.68. The van der Waals surface area contributed by atoms with Gasteiger partial charge in [-0.15, -0.1) is 0 Å². The van der Waals surface area contributed by atoms with E-state index in [4.69, 9.17) is 19.7 Å². The Morgan fingerprint density at radius 1 is 0.708 bits per heavy atom. The number of hydrogen-bond acceptors (Lipinski definition) is 8. The van der Waals surface area contributed by atoms with Gasteiger partial charge in [-0.05, 0) is 127 Å². The summed E-state index contributed by atoms with van der Waals surface area (Å²) in [5.74, 6) is -2.10. The lowest BCUT2D eigenvalue weighted by Crippen LogP contribution is -2.39. The number of carboxylic acid groups (broad SMARTS) is 2. The van der Waals surface area contributed by atoms with E-state index in [1.54, 1.807) is 6.92 Å². The maximum absolute atomic E-state index is 11.8. The summed E-state index contributed by atoms with van der Waals surface area (Å²) in [6.07, 6.45) is 22.1. The van der Waals surface area contributed by atoms with Crippen LogP contribution in [0.2, 0.25) is 0 Å². The standard InChI is InChI=1S/C14H22O3.C13H20O4.C11H16O3/c1-2-17-13(16)11-10-14(9-6-12(11)15)7-4-3-5-8-14;14-9-17-11-3-7-13(8-4-11)5-1-10(2-6-13)12(15)16;12-9-3-1-2-5-11(9)6-4-8(7-11)10(13)14/h11H,2-10H2,1H3;9-11H,1-8H2,(H,15,16);8H,1-7H2,(H,13,14). The molecule has 0 amide bonds. The fraction of sp³-hybridized carbons (Fsp3) is 0.842. The fourth-order valence-electron chi connectivity index (χ4n) is 9.79. The Balaban J connectivity index is 0.000000163. The van der Waals surface area contributed by atoms with Crippen LogP contribution in [0.15, 0.2) is 0 Å². The first-order chi connectivity index (χ1) is 23.0. The van der Waals surface area contributed by atoms with E-state index in [1.165, 1.54) is 32.1 Å². The second-order valence-corrected chi connectivity index (χ2v) is 15.8. The smallest absolute Gasteiger partial charge is 0.316 e. The van der Waals surface area contributed by atoms with Gasteiger partial charge in [-0.25, -0.2) is 0 Å². The zero-order valence-electron chi connectivity index (χ0n) is 29.0. The number of carbonyl (C=O) groups excluding carboxylic acids is 4. The summed E-state index contributed by atoms with van der Waals surface area (Å²) < 4.78 is 10.0. The Bertz CT molecular complexity index is 1140. The summed E-state index contributed by atoms with van der Waals surface area (Å²) in [4.78, 5) is 67.4. The van der Waals surface area contributed by atoms with Crippen LogP contribution in [0.25, 0.3) is 0 Å². The average Bonchev–Trinajstić information content (AvgIpc) is 3.52. The Kier molecular flexibility index (Phi) is 13.7. The second-order valence-electron chi connectivity index (χ2n) is 15.8. The summed E-state index contributed by atoms with van der Waals surface area (Å²) in [7, 11) is 0. The number of ketones is 2. The van der Waals surface area contributed by atoms with E-state index in [1.807, 2.05) is 0 Å². The van der Waals surface area contributed by atoms with Crippen molar-refractivity contribution in [2.24, 2.45) is 34.0 Å². The highest BCUT2D eigenvalue weighted by atomic mass is 16.5. The first kappa shape index (κ1) is 38.0. The minimum absolute atomic E-state index is 0.0929. The van der Waals surface area contributed by atoms with Crippen molar-refractivity contribution >= 4 is 35.9 Å². The molecule has 0 aromatic heterocycles. The summed E-state index contributed by atoms with van der Waals surface area (Å²) in [5, 5.41) is 17.9. The lowest BCUT2D eigenvalue weighted by Gasteiger charge is -2.43. The zero-order valence-corrected chi connectivity index (χ0v) is 29.0. The van der Waals surface area contributed by atoms with Crippen molar-refractivity contribution < 1.29 is 48.5 Å². The molecule has 0 aromatic rings. The number of carbonyl (C=O) groups is 6. The van der Waals surface area contributed by atoms with Crippen LogP contribution in [0.5, 0.6) is 0 Å². The number of aliphatic carboxylic acids is 2. The van der Waals surface area contributed by atoms with Crippen LogP contribution in [0, 0.1) is 34.0 Å². The fourth-order valence-corrected chi connectivity index (χ4v) is 9.79. The molecule has 6 aliphatic carbocycles. The van der Waals surface area contributed by atoms with Crippen LogP contribution < -0.4 is 0 Å². The molecule has 3 spiro atoms. The molecule has 48 heavy (non-hydrogen) atoms. The van der Waals surface area contributed by atoms with Gasteiger partial charge in [-0.1, -0.05) is 25.7 Å². The lowest BCUT2D eigenvalue weighted by atomic mass is 9.62. The van der Waals surface area contributed by atoms with Crippen LogP contribution >= 0.6 is 0 Å². The number of ether oxygens (including phenoxy) is 2. The molecule has 10 nitrogen and oxygen atoms in total. The number of hydrogen-bond donors (Lipinski definition) is 2. The third-order valence-corrected chi connectivity index (χ3v) is 12.9. The van der Waals surface area contributed by atoms with Gasteiger partial charge in [-0.3, -0.25) is 28.8 Å². The molecule has 3 atom stereocenters. The van der Waals surface area contributed by atoms with E-state index >= 15 is 0 Å². The van der Waals surface area contributed by atoms with Gasteiger partial charge in [0.15, 0.2) is 0 Å². The zero-order chi connectivity index (χ0) is 34.8. The van der Waals surface area contributed by atoms with Gasteiger partial charge >= 0.3 is 17.9 Å². The molecule has 6 aliphatic rings. The molecule has 0 heterocycles. The summed E-state index contributed by atoms with van der Waals surface area (Å²) in [5.41, 5.74) is 0.375. The molecular formula is C38H58O10. The van der Waals surface area contributed by atoms with E-state index < -0.39 is 17.9 Å². The Morgan fingerprint density at radius 3 is 1.88 bits per heavy atom. The molecule has 0 saturated heterocycles. The van der Waals surface area contributed by atoms with Gasteiger partial charge in [0, 0.05) is 18.3 Å². The van der Waals surface area contributed by atoms with Crippen LogP contribution in [0.1, 0.15) is 155 Å². The molecular weight excluding hydrogens is 616 g/mol. The molecule has 0 bridgehead atoms. The van der Waals surface area contributed by atoms with E-state index in [-0.39, 0.29) is 40.5 Å². The first-order valence-electron chi connectivity index (χ1n) is 18.7. The Morgan fingerprint density at radius 2 is 1.31 bits per heavy atom. The Hall–Kier alpha value is -2.78. The maximum Gasteiger partial charge on any atom is 0.316 e. The van der Waals surface area contributed by atoms with Crippen molar-refractivity contribution in [3.8, 4) is 0 Å². The van der Waals surface area contributed by atoms with Gasteiger partial charge in [0.2, 0.25) is 0 Å². The van der Waals surface area contributed by atoms with Crippen LogP contribution in [-0.2, 0) is 38.2 Å². The molecule has 3 unspecified atom stereocenters. The molecule has 10 heteroatoms. The number of esters is 1. The summed E-state index contributed by atoms with van der Waals surface area (Å²) >= 11 is 0. The second kappa shape index (κ2) is 17.2. The van der Waals surface area contributed by atoms with E-state index in [2.05, 4.69) is 0 Å². The number of rotatable bonds is 6. The van der Waals surface area contributed by atoms with Crippen molar-refractivity contribution in [1.82, 2.24) is 0 Å². The largest absolute Gasteiger partial charge is 0.481 e. The van der Waals surface area contributed by atoms with Crippen LogP contribution in [0.3, 0.4) is 0 Å². The van der Waals surface area contributed by atoms with Gasteiger partial charge in [0.05, 0.1) is 18.4 Å². The highest BCUT2D eigenvalue weighted by molar-refractivity contribution is 5.99. The van der Waals surface area contributed by atoms with E-state index in [0.717, 1.165) is 89.9 Å². The molecule has 6 saturated carbocycles. The molecule has 6 fully saturated rings. The number of carboxylic acids is 2. The highest BCUT2D eigenvalue weighted by Crippen LogP contribution is 2.51. The monoisotopic (exact) mass is 674 g/mol. The Labute approximate surface area is 285 Å². The van der Waals surface area contributed by atoms with Crippen molar-refractivity contribution in [2.45, 2.75) is 161 Å². The van der Waals surface area contributed by atoms with Crippen molar-refractivity contribution in [3.63, 3.8) is 0 Å². The summed E-state index contributed by atoms with van der Waals surface area (Å²) in [6, 6.07) is 0. The SMILES string of the molecule is CCOC(=O)C1CC2(CCCCC2)CCC1=O.O=C(O)C1CCC2(CCCCC2=O)C1.O=COC1CCC2(CC1)CCC(C(=O)O)CC2. The van der Waals surface area contributed by atoms with Gasteiger partial charge < -0.3 is 19.7 Å². The van der Waals surface area contributed by atoms with Gasteiger partial charge in [0.1, 0.15) is 23.6 Å². The maximum atomic E-state index is 11.8. The topological polar surface area (TPSA) is 161 Å². The summed E-state index contributed by atoms with van der Waals surface area (Å²) in [6.45, 7) is 2.71. The lowest BCUT2D eigenvalue weighted by molar-refractivity contribution is -0.156. The minimum atomic E-state index is -0.722. The number of Topliss-reactive ketones (excluding diaryl/α,β-unsaturated/α-hetero) is 2. The molecule has 6 rings (SSSR count). The van der Waals surface area contributed by atoms with E-state index in [0.29, 0.717) is 50.0 Å².